The van der Waals surface area contributed by atoms with Crippen LogP contribution in [-0.2, 0) is 17.9 Å². The Bertz CT molecular complexity index is 1150. The van der Waals surface area contributed by atoms with E-state index in [4.69, 9.17) is 11.6 Å². The Morgan fingerprint density at radius 3 is 2.73 bits per heavy atom. The van der Waals surface area contributed by atoms with Crippen molar-refractivity contribution in [2.75, 3.05) is 19.6 Å². The van der Waals surface area contributed by atoms with Gasteiger partial charge in [-0.15, -0.1) is 0 Å². The lowest BCUT2D eigenvalue weighted by atomic mass is 10.00. The van der Waals surface area contributed by atoms with Gasteiger partial charge in [0.15, 0.2) is 0 Å². The number of carbonyl (C=O) groups is 2. The Kier molecular flexibility index (Phi) is 9.34. The lowest BCUT2D eigenvalue weighted by molar-refractivity contribution is -0.136. The zero-order valence-corrected chi connectivity index (χ0v) is 23.3. The van der Waals surface area contributed by atoms with Crippen LogP contribution in [0.3, 0.4) is 0 Å². The molecule has 4 rings (SSSR count). The zero-order chi connectivity index (χ0) is 26.4. The normalized spacial score (nSPS) is 15.5. The number of hydrogen-bond donors (Lipinski definition) is 1. The minimum Gasteiger partial charge on any atom is -0.352 e. The van der Waals surface area contributed by atoms with E-state index in [9.17, 15) is 9.59 Å². The first kappa shape index (κ1) is 27.3. The van der Waals surface area contributed by atoms with Crippen molar-refractivity contribution in [3.63, 3.8) is 0 Å². The number of rotatable bonds is 10. The molecule has 0 spiro atoms. The predicted octanol–water partition coefficient (Wildman–Crippen LogP) is 4.31. The van der Waals surface area contributed by atoms with Gasteiger partial charge in [0, 0.05) is 50.7 Å². The summed E-state index contributed by atoms with van der Waals surface area (Å²) in [5.41, 5.74) is 3.26. The van der Waals surface area contributed by atoms with Crippen LogP contribution in [0.1, 0.15) is 53.4 Å². The van der Waals surface area contributed by atoms with Crippen LogP contribution in [-0.4, -0.2) is 67.9 Å². The molecule has 198 valence electrons. The molecule has 8 nitrogen and oxygen atoms in total. The molecule has 1 aliphatic heterocycles. The first-order valence-electron chi connectivity index (χ1n) is 12.7. The van der Waals surface area contributed by atoms with E-state index >= 15 is 0 Å². The highest BCUT2D eigenvalue weighted by atomic mass is 35.5. The maximum absolute atomic E-state index is 13.3. The van der Waals surface area contributed by atoms with Gasteiger partial charge in [-0.3, -0.25) is 9.59 Å². The highest BCUT2D eigenvalue weighted by Crippen LogP contribution is 2.23. The third kappa shape index (κ3) is 7.18. The third-order valence-corrected chi connectivity index (χ3v) is 8.06. The summed E-state index contributed by atoms with van der Waals surface area (Å²) >= 11 is 7.66. The van der Waals surface area contributed by atoms with Crippen molar-refractivity contribution >= 4 is 34.8 Å². The molecule has 1 saturated heterocycles. The average Bonchev–Trinajstić information content (AvgIpc) is 3.56. The number of likely N-dealkylation sites (tertiary alicyclic amines) is 1. The molecule has 1 aliphatic rings. The lowest BCUT2D eigenvalue weighted by Crippen LogP contribution is -2.50. The molecule has 1 N–H and O–H groups in total. The van der Waals surface area contributed by atoms with Crippen LogP contribution < -0.4 is 5.32 Å². The van der Waals surface area contributed by atoms with Crippen LogP contribution in [0.4, 0.5) is 0 Å². The standard InChI is InChI=1S/C27H35ClN6O2S/c1-19-14-24(28)31-21(3)26(19)27(36)30-8-4-20(2)33-10-5-23(6-11-33)34(15-22-7-13-37-17-22)25(35)16-32-12-9-29-18-32/h7,9,12-14,17-18,20,23H,4-6,8,10-11,15-16H2,1-3H3,(H,30,36)/t20-/m1/s1. The molecule has 37 heavy (non-hydrogen) atoms. The largest absolute Gasteiger partial charge is 0.352 e. The molecule has 4 heterocycles. The van der Waals surface area contributed by atoms with E-state index in [1.165, 1.54) is 5.56 Å². The van der Waals surface area contributed by atoms with Crippen LogP contribution in [0.5, 0.6) is 0 Å². The molecule has 10 heteroatoms. The van der Waals surface area contributed by atoms with E-state index < -0.39 is 0 Å². The van der Waals surface area contributed by atoms with Crippen molar-refractivity contribution in [1.29, 1.82) is 0 Å². The van der Waals surface area contributed by atoms with E-state index in [1.807, 2.05) is 24.6 Å². The molecule has 1 fully saturated rings. The number of aryl methyl sites for hydroxylation is 2. The van der Waals surface area contributed by atoms with Crippen LogP contribution in [0.2, 0.25) is 5.15 Å². The Morgan fingerprint density at radius 1 is 1.30 bits per heavy atom. The highest BCUT2D eigenvalue weighted by Gasteiger charge is 2.30. The van der Waals surface area contributed by atoms with Crippen molar-refractivity contribution in [2.45, 2.75) is 65.2 Å². The van der Waals surface area contributed by atoms with Gasteiger partial charge >= 0.3 is 0 Å². The molecule has 2 amide bonds. The van der Waals surface area contributed by atoms with Crippen molar-refractivity contribution < 1.29 is 9.59 Å². The number of hydrogen-bond acceptors (Lipinski definition) is 6. The SMILES string of the molecule is Cc1cc(Cl)nc(C)c1C(=O)NCC[C@@H](C)N1CCC(N(Cc2ccsc2)C(=O)Cn2ccnc2)CC1. The fourth-order valence-corrected chi connectivity index (χ4v) is 6.01. The Hall–Kier alpha value is -2.75. The number of pyridine rings is 1. The molecule has 0 unspecified atom stereocenters. The second-order valence-corrected chi connectivity index (χ2v) is 10.9. The van der Waals surface area contributed by atoms with Gasteiger partial charge in [-0.25, -0.2) is 9.97 Å². The zero-order valence-electron chi connectivity index (χ0n) is 21.7. The van der Waals surface area contributed by atoms with E-state index in [-0.39, 0.29) is 17.9 Å². The van der Waals surface area contributed by atoms with Gasteiger partial charge in [0.25, 0.3) is 5.91 Å². The Balaban J connectivity index is 1.28. The number of imidazole rings is 1. The van der Waals surface area contributed by atoms with Crippen LogP contribution >= 0.6 is 22.9 Å². The first-order valence-corrected chi connectivity index (χ1v) is 14.1. The summed E-state index contributed by atoms with van der Waals surface area (Å²) in [6, 6.07) is 4.36. The molecule has 0 radical (unpaired) electrons. The lowest BCUT2D eigenvalue weighted by Gasteiger charge is -2.41. The van der Waals surface area contributed by atoms with E-state index in [1.54, 1.807) is 29.9 Å². The molecule has 0 saturated carbocycles. The predicted molar refractivity (Wildman–Crippen MR) is 147 cm³/mol. The fraction of sp³-hybridized carbons (Fsp3) is 0.481. The summed E-state index contributed by atoms with van der Waals surface area (Å²) in [5, 5.41) is 7.63. The summed E-state index contributed by atoms with van der Waals surface area (Å²) in [6.07, 6.45) is 7.95. The van der Waals surface area contributed by atoms with E-state index in [2.05, 4.69) is 48.8 Å². The number of nitrogens with zero attached hydrogens (tertiary/aromatic N) is 5. The summed E-state index contributed by atoms with van der Waals surface area (Å²) < 4.78 is 1.83. The molecule has 3 aromatic heterocycles. The molecule has 1 atom stereocenters. The molecular weight excluding hydrogens is 508 g/mol. The highest BCUT2D eigenvalue weighted by molar-refractivity contribution is 7.07. The van der Waals surface area contributed by atoms with Gasteiger partial charge in [0.05, 0.1) is 17.6 Å². The number of amides is 2. The average molecular weight is 543 g/mol. The van der Waals surface area contributed by atoms with Gasteiger partial charge < -0.3 is 19.7 Å². The number of nitrogens with one attached hydrogen (secondary N) is 1. The van der Waals surface area contributed by atoms with Crippen molar-refractivity contribution in [1.82, 2.24) is 29.7 Å². The van der Waals surface area contributed by atoms with Gasteiger partial charge in [-0.05, 0) is 74.1 Å². The van der Waals surface area contributed by atoms with Gasteiger partial charge in [0.1, 0.15) is 11.7 Å². The first-order chi connectivity index (χ1) is 17.8. The molecule has 3 aromatic rings. The van der Waals surface area contributed by atoms with Crippen LogP contribution in [0.15, 0.2) is 41.6 Å². The summed E-state index contributed by atoms with van der Waals surface area (Å²) in [6.45, 7) is 9.29. The van der Waals surface area contributed by atoms with Gasteiger partial charge in [-0.2, -0.15) is 11.3 Å². The fourth-order valence-electron chi connectivity index (χ4n) is 5.06. The Morgan fingerprint density at radius 2 is 2.08 bits per heavy atom. The number of carbonyl (C=O) groups excluding carboxylic acids is 2. The van der Waals surface area contributed by atoms with Crippen molar-refractivity contribution in [2.24, 2.45) is 0 Å². The topological polar surface area (TPSA) is 83.4 Å². The summed E-state index contributed by atoms with van der Waals surface area (Å²) in [7, 11) is 0. The van der Waals surface area contributed by atoms with Crippen molar-refractivity contribution in [3.05, 3.63) is 69.2 Å². The molecule has 0 bridgehead atoms. The second kappa shape index (κ2) is 12.7. The number of aromatic nitrogens is 3. The second-order valence-electron chi connectivity index (χ2n) is 9.77. The minimum atomic E-state index is -0.106. The van der Waals surface area contributed by atoms with E-state index in [0.717, 1.165) is 37.9 Å². The monoisotopic (exact) mass is 542 g/mol. The number of halogens is 1. The smallest absolute Gasteiger partial charge is 0.253 e. The van der Waals surface area contributed by atoms with Gasteiger partial charge in [-0.1, -0.05) is 11.6 Å². The maximum atomic E-state index is 13.3. The molecular formula is C27H35ClN6O2S. The number of thiophene rings is 1. The minimum absolute atomic E-state index is 0.106. The summed E-state index contributed by atoms with van der Waals surface area (Å²) in [4.78, 5) is 38.8. The summed E-state index contributed by atoms with van der Waals surface area (Å²) in [5.74, 6) is 0.0197. The third-order valence-electron chi connectivity index (χ3n) is 7.13. The van der Waals surface area contributed by atoms with Crippen LogP contribution in [0.25, 0.3) is 0 Å². The molecule has 0 aromatic carbocycles. The van der Waals surface area contributed by atoms with Crippen molar-refractivity contribution in [3.8, 4) is 0 Å². The number of piperidine rings is 1. The Labute approximate surface area is 227 Å². The maximum Gasteiger partial charge on any atom is 0.253 e. The molecule has 0 aliphatic carbocycles. The quantitative estimate of drug-likeness (QED) is 0.386. The van der Waals surface area contributed by atoms with Crippen LogP contribution in [0, 0.1) is 13.8 Å². The van der Waals surface area contributed by atoms with Gasteiger partial charge in [0.2, 0.25) is 5.91 Å². The van der Waals surface area contributed by atoms with E-state index in [0.29, 0.717) is 42.1 Å².